The van der Waals surface area contributed by atoms with Crippen LogP contribution >= 0.6 is 0 Å². The largest absolute Gasteiger partial charge is 0.478 e. The summed E-state index contributed by atoms with van der Waals surface area (Å²) in [5.74, 6) is -0.970. The second-order valence-corrected chi connectivity index (χ2v) is 3.66. The van der Waals surface area contributed by atoms with Crippen molar-refractivity contribution >= 4 is 5.97 Å². The van der Waals surface area contributed by atoms with E-state index in [1.54, 1.807) is 6.92 Å². The topological polar surface area (TPSA) is 81.0 Å². The van der Waals surface area contributed by atoms with E-state index < -0.39 is 18.2 Å². The Morgan fingerprint density at radius 2 is 1.93 bits per heavy atom. The van der Waals surface area contributed by atoms with Gasteiger partial charge in [0.25, 0.3) is 0 Å². The van der Waals surface area contributed by atoms with E-state index in [9.17, 15) is 15.0 Å². The van der Waals surface area contributed by atoms with Gasteiger partial charge < -0.3 is 15.3 Å². The van der Waals surface area contributed by atoms with Crippen molar-refractivity contribution in [2.75, 3.05) is 19.6 Å². The van der Waals surface area contributed by atoms with E-state index in [1.165, 1.54) is 0 Å². The number of carboxylic acid groups (broad SMARTS) is 1. The molecule has 0 bridgehead atoms. The van der Waals surface area contributed by atoms with Crippen molar-refractivity contribution in [3.63, 3.8) is 0 Å². The lowest BCUT2D eigenvalue weighted by molar-refractivity contribution is -0.131. The van der Waals surface area contributed by atoms with Crippen molar-refractivity contribution < 1.29 is 20.1 Å². The molecule has 1 saturated heterocycles. The third-order valence-corrected chi connectivity index (χ3v) is 2.18. The van der Waals surface area contributed by atoms with Gasteiger partial charge >= 0.3 is 5.97 Å². The van der Waals surface area contributed by atoms with Gasteiger partial charge in [0.05, 0.1) is 12.2 Å². The van der Waals surface area contributed by atoms with Crippen molar-refractivity contribution in [2.24, 2.45) is 0 Å². The number of hydrogen-bond donors (Lipinski definition) is 3. The normalized spacial score (nSPS) is 29.5. The van der Waals surface area contributed by atoms with Crippen molar-refractivity contribution in [1.29, 1.82) is 0 Å². The molecule has 2 unspecified atom stereocenters. The molecular formula is C9H15NO4. The van der Waals surface area contributed by atoms with E-state index in [4.69, 9.17) is 5.11 Å². The Bertz CT molecular complexity index is 241. The Morgan fingerprint density at radius 1 is 1.43 bits per heavy atom. The number of likely N-dealkylation sites (tertiary alicyclic amines) is 1. The zero-order chi connectivity index (χ0) is 10.7. The van der Waals surface area contributed by atoms with E-state index >= 15 is 0 Å². The molecule has 0 aromatic rings. The lowest BCUT2D eigenvalue weighted by atomic mass is 10.2. The number of carboxylic acids is 1. The number of aliphatic hydroxyl groups excluding tert-OH is 2. The van der Waals surface area contributed by atoms with Gasteiger partial charge in [0, 0.05) is 25.7 Å². The first kappa shape index (κ1) is 11.2. The zero-order valence-electron chi connectivity index (χ0n) is 8.05. The monoisotopic (exact) mass is 201 g/mol. The Kier molecular flexibility index (Phi) is 3.62. The minimum absolute atomic E-state index is 0.395. The Hall–Kier alpha value is -0.910. The predicted molar refractivity (Wildman–Crippen MR) is 49.8 cm³/mol. The van der Waals surface area contributed by atoms with E-state index in [2.05, 4.69) is 0 Å². The van der Waals surface area contributed by atoms with Gasteiger partial charge in [-0.05, 0) is 6.92 Å². The van der Waals surface area contributed by atoms with Gasteiger partial charge in [0.15, 0.2) is 0 Å². The van der Waals surface area contributed by atoms with Gasteiger partial charge in [-0.15, -0.1) is 0 Å². The highest BCUT2D eigenvalue weighted by atomic mass is 16.4. The predicted octanol–water partition coefficient (Wildman–Crippen LogP) is -0.945. The van der Waals surface area contributed by atoms with Crippen LogP contribution in [-0.4, -0.2) is 58.0 Å². The summed E-state index contributed by atoms with van der Waals surface area (Å²) in [5, 5.41) is 26.9. The van der Waals surface area contributed by atoms with Crippen LogP contribution < -0.4 is 0 Å². The first-order valence-corrected chi connectivity index (χ1v) is 4.47. The Morgan fingerprint density at radius 3 is 2.36 bits per heavy atom. The van der Waals surface area contributed by atoms with Crippen molar-refractivity contribution in [1.82, 2.24) is 4.90 Å². The number of nitrogens with zero attached hydrogens (tertiary/aromatic N) is 1. The van der Waals surface area contributed by atoms with Crippen molar-refractivity contribution in [3.8, 4) is 0 Å². The van der Waals surface area contributed by atoms with Crippen LogP contribution in [-0.2, 0) is 4.79 Å². The molecule has 0 aromatic carbocycles. The Labute approximate surface area is 82.3 Å². The molecule has 1 rings (SSSR count). The fourth-order valence-electron chi connectivity index (χ4n) is 1.59. The minimum atomic E-state index is -0.970. The smallest absolute Gasteiger partial charge is 0.328 e. The maximum atomic E-state index is 10.3. The van der Waals surface area contributed by atoms with Crippen molar-refractivity contribution in [2.45, 2.75) is 19.1 Å². The van der Waals surface area contributed by atoms with Crippen LogP contribution in [0.5, 0.6) is 0 Å². The standard InChI is InChI=1S/C9H15NO4/c1-6(2-9(13)14)3-10-4-7(11)8(12)5-10/h2,7-8,11-12H,3-5H2,1H3,(H,13,14). The molecule has 80 valence electrons. The molecule has 5 nitrogen and oxygen atoms in total. The van der Waals surface area contributed by atoms with Crippen LogP contribution in [0.4, 0.5) is 0 Å². The van der Waals surface area contributed by atoms with Crippen LogP contribution in [0.3, 0.4) is 0 Å². The minimum Gasteiger partial charge on any atom is -0.478 e. The SMILES string of the molecule is CC(=CC(=O)O)CN1CC(O)C(O)C1. The number of aliphatic hydroxyl groups is 2. The van der Waals surface area contributed by atoms with Crippen LogP contribution in [0.2, 0.25) is 0 Å². The summed E-state index contributed by atoms with van der Waals surface area (Å²) in [6.45, 7) is 2.98. The molecule has 1 aliphatic heterocycles. The van der Waals surface area contributed by atoms with Gasteiger partial charge in [-0.25, -0.2) is 4.79 Å². The number of carbonyl (C=O) groups is 1. The molecule has 0 aromatic heterocycles. The maximum Gasteiger partial charge on any atom is 0.328 e. The fraction of sp³-hybridized carbons (Fsp3) is 0.667. The molecule has 0 aliphatic carbocycles. The molecule has 0 spiro atoms. The summed E-state index contributed by atoms with van der Waals surface area (Å²) in [6, 6.07) is 0. The zero-order valence-corrected chi connectivity index (χ0v) is 8.05. The van der Waals surface area contributed by atoms with Crippen LogP contribution in [0.15, 0.2) is 11.6 Å². The molecule has 14 heavy (non-hydrogen) atoms. The summed E-state index contributed by atoms with van der Waals surface area (Å²) in [4.78, 5) is 12.1. The van der Waals surface area contributed by atoms with E-state index in [0.29, 0.717) is 25.2 Å². The molecule has 1 heterocycles. The highest BCUT2D eigenvalue weighted by molar-refractivity contribution is 5.80. The molecule has 2 atom stereocenters. The second kappa shape index (κ2) is 4.54. The highest BCUT2D eigenvalue weighted by Gasteiger charge is 2.29. The van der Waals surface area contributed by atoms with Crippen LogP contribution in [0.25, 0.3) is 0 Å². The summed E-state index contributed by atoms with van der Waals surface area (Å²) < 4.78 is 0. The van der Waals surface area contributed by atoms with Crippen LogP contribution in [0.1, 0.15) is 6.92 Å². The molecule has 0 saturated carbocycles. The summed E-state index contributed by atoms with van der Waals surface area (Å²) in [6.07, 6.45) is -0.294. The summed E-state index contributed by atoms with van der Waals surface area (Å²) in [5.41, 5.74) is 0.707. The lowest BCUT2D eigenvalue weighted by Crippen LogP contribution is -2.24. The molecule has 1 fully saturated rings. The van der Waals surface area contributed by atoms with Gasteiger partial charge in [-0.3, -0.25) is 4.90 Å². The first-order chi connectivity index (χ1) is 6.49. The summed E-state index contributed by atoms with van der Waals surface area (Å²) >= 11 is 0. The fourth-order valence-corrected chi connectivity index (χ4v) is 1.59. The van der Waals surface area contributed by atoms with Crippen molar-refractivity contribution in [3.05, 3.63) is 11.6 Å². The molecule has 3 N–H and O–H groups in total. The molecule has 1 aliphatic rings. The van der Waals surface area contributed by atoms with E-state index in [-0.39, 0.29) is 0 Å². The number of aliphatic carboxylic acids is 1. The van der Waals surface area contributed by atoms with Gasteiger partial charge in [0.2, 0.25) is 0 Å². The second-order valence-electron chi connectivity index (χ2n) is 3.66. The third kappa shape index (κ3) is 3.10. The first-order valence-electron chi connectivity index (χ1n) is 4.47. The number of rotatable bonds is 3. The van der Waals surface area contributed by atoms with E-state index in [0.717, 1.165) is 6.08 Å². The molecule has 0 radical (unpaired) electrons. The van der Waals surface area contributed by atoms with E-state index in [1.807, 2.05) is 4.90 Å². The number of hydrogen-bond acceptors (Lipinski definition) is 4. The number of β-amino-alcohol motifs (C(OH)–C–C–N with tert-alkyl or cyclic N) is 2. The quantitative estimate of drug-likeness (QED) is 0.513. The van der Waals surface area contributed by atoms with Crippen LogP contribution in [0, 0.1) is 0 Å². The van der Waals surface area contributed by atoms with Gasteiger partial charge in [0.1, 0.15) is 0 Å². The average molecular weight is 201 g/mol. The average Bonchev–Trinajstić information content (AvgIpc) is 2.28. The summed E-state index contributed by atoms with van der Waals surface area (Å²) in [7, 11) is 0. The highest BCUT2D eigenvalue weighted by Crippen LogP contribution is 2.11. The molecular weight excluding hydrogens is 186 g/mol. The lowest BCUT2D eigenvalue weighted by Gasteiger charge is -2.14. The Balaban J connectivity index is 2.43. The maximum absolute atomic E-state index is 10.3. The van der Waals surface area contributed by atoms with Gasteiger partial charge in [-0.2, -0.15) is 0 Å². The molecule has 5 heteroatoms. The molecule has 0 amide bonds. The van der Waals surface area contributed by atoms with Gasteiger partial charge in [-0.1, -0.05) is 5.57 Å². The third-order valence-electron chi connectivity index (χ3n) is 2.18.